The Kier molecular flexibility index (Phi) is 3.50. The normalized spacial score (nSPS) is 9.94. The first-order chi connectivity index (χ1) is 8.31. The van der Waals surface area contributed by atoms with Crippen molar-refractivity contribution in [2.24, 2.45) is 0 Å². The van der Waals surface area contributed by atoms with E-state index in [1.165, 1.54) is 6.07 Å². The summed E-state index contributed by atoms with van der Waals surface area (Å²) in [5.41, 5.74) is 2.40. The van der Waals surface area contributed by atoms with E-state index in [0.717, 1.165) is 11.1 Å². The number of amides is 1. The number of hydrogen-bond acceptors (Lipinski definition) is 1. The van der Waals surface area contributed by atoms with Gasteiger partial charge in [-0.3, -0.25) is 4.79 Å². The lowest BCUT2D eigenvalue weighted by Gasteiger charge is -2.05. The number of carbonyl (C=O) groups is 1. The molecule has 2 rings (SSSR count). The van der Waals surface area contributed by atoms with E-state index in [0.29, 0.717) is 18.5 Å². The standard InChI is InChI=1S/C14H12FNO/c15-14-4-2-1-3-13(14)12-7-5-11(6-8-12)9-16-10-17/h1-8,10H,9H2,(H,16,17). The second-order valence-corrected chi connectivity index (χ2v) is 3.68. The van der Waals surface area contributed by atoms with Crippen molar-refractivity contribution in [2.45, 2.75) is 6.54 Å². The molecule has 0 bridgehead atoms. The number of carbonyl (C=O) groups excluding carboxylic acids is 1. The molecule has 0 spiro atoms. The molecule has 0 aromatic heterocycles. The molecule has 0 saturated carbocycles. The number of nitrogens with one attached hydrogen (secondary N) is 1. The fourth-order valence-electron chi connectivity index (χ4n) is 1.66. The molecule has 0 unspecified atom stereocenters. The third kappa shape index (κ3) is 2.69. The summed E-state index contributed by atoms with van der Waals surface area (Å²) in [5.74, 6) is -0.230. The number of benzene rings is 2. The van der Waals surface area contributed by atoms with Crippen molar-refractivity contribution in [3.8, 4) is 11.1 Å². The minimum Gasteiger partial charge on any atom is -0.355 e. The van der Waals surface area contributed by atoms with E-state index >= 15 is 0 Å². The molecule has 0 heterocycles. The van der Waals surface area contributed by atoms with Gasteiger partial charge in [-0.05, 0) is 17.2 Å². The van der Waals surface area contributed by atoms with Gasteiger partial charge in [0.05, 0.1) is 0 Å². The first kappa shape index (κ1) is 11.3. The Hall–Kier alpha value is -2.16. The summed E-state index contributed by atoms with van der Waals surface area (Å²) >= 11 is 0. The average Bonchev–Trinajstić information content (AvgIpc) is 2.38. The molecule has 2 aromatic rings. The smallest absolute Gasteiger partial charge is 0.207 e. The monoisotopic (exact) mass is 229 g/mol. The highest BCUT2D eigenvalue weighted by atomic mass is 19.1. The number of hydrogen-bond donors (Lipinski definition) is 1. The van der Waals surface area contributed by atoms with Gasteiger partial charge in [0, 0.05) is 12.1 Å². The van der Waals surface area contributed by atoms with Crippen LogP contribution in [0.15, 0.2) is 48.5 Å². The van der Waals surface area contributed by atoms with Gasteiger partial charge in [-0.25, -0.2) is 4.39 Å². The summed E-state index contributed by atoms with van der Waals surface area (Å²) in [6.07, 6.45) is 0.658. The Balaban J connectivity index is 2.23. The van der Waals surface area contributed by atoms with Gasteiger partial charge in [-0.2, -0.15) is 0 Å². The second-order valence-electron chi connectivity index (χ2n) is 3.68. The molecule has 0 atom stereocenters. The zero-order valence-electron chi connectivity index (χ0n) is 9.19. The van der Waals surface area contributed by atoms with Crippen LogP contribution in [0.2, 0.25) is 0 Å². The van der Waals surface area contributed by atoms with Crippen LogP contribution in [0.3, 0.4) is 0 Å². The van der Waals surface area contributed by atoms with E-state index in [1.54, 1.807) is 18.2 Å². The third-order valence-electron chi connectivity index (χ3n) is 2.53. The molecule has 0 fully saturated rings. The summed E-state index contributed by atoms with van der Waals surface area (Å²) in [4.78, 5) is 10.2. The zero-order valence-corrected chi connectivity index (χ0v) is 9.19. The molecule has 3 heteroatoms. The Labute approximate surface area is 99.1 Å². The van der Waals surface area contributed by atoms with Crippen molar-refractivity contribution in [1.82, 2.24) is 5.32 Å². The number of rotatable bonds is 4. The van der Waals surface area contributed by atoms with Crippen LogP contribution < -0.4 is 5.32 Å². The Morgan fingerprint density at radius 3 is 2.41 bits per heavy atom. The van der Waals surface area contributed by atoms with E-state index in [2.05, 4.69) is 5.32 Å². The van der Waals surface area contributed by atoms with Crippen molar-refractivity contribution < 1.29 is 9.18 Å². The fourth-order valence-corrected chi connectivity index (χ4v) is 1.66. The highest BCUT2D eigenvalue weighted by molar-refractivity contribution is 5.64. The van der Waals surface area contributed by atoms with Gasteiger partial charge in [0.1, 0.15) is 5.82 Å². The molecule has 0 aliphatic rings. The lowest BCUT2D eigenvalue weighted by molar-refractivity contribution is -0.109. The van der Waals surface area contributed by atoms with E-state index in [1.807, 2.05) is 24.3 Å². The van der Waals surface area contributed by atoms with Crippen molar-refractivity contribution in [3.05, 3.63) is 59.9 Å². The van der Waals surface area contributed by atoms with Crippen LogP contribution in [0.5, 0.6) is 0 Å². The molecule has 86 valence electrons. The lowest BCUT2D eigenvalue weighted by atomic mass is 10.0. The van der Waals surface area contributed by atoms with Gasteiger partial charge in [0.2, 0.25) is 6.41 Å². The molecule has 0 saturated heterocycles. The van der Waals surface area contributed by atoms with Crippen LogP contribution in [0.1, 0.15) is 5.56 Å². The Morgan fingerprint density at radius 1 is 1.06 bits per heavy atom. The Bertz CT molecular complexity index is 508. The molecule has 2 nitrogen and oxygen atoms in total. The topological polar surface area (TPSA) is 29.1 Å². The number of halogens is 1. The van der Waals surface area contributed by atoms with Gasteiger partial charge in [0.25, 0.3) is 0 Å². The quantitative estimate of drug-likeness (QED) is 0.802. The van der Waals surface area contributed by atoms with Gasteiger partial charge < -0.3 is 5.32 Å². The van der Waals surface area contributed by atoms with Crippen molar-refractivity contribution in [2.75, 3.05) is 0 Å². The zero-order chi connectivity index (χ0) is 12.1. The summed E-state index contributed by atoms with van der Waals surface area (Å²) in [6, 6.07) is 14.1. The summed E-state index contributed by atoms with van der Waals surface area (Å²) in [6.45, 7) is 0.487. The van der Waals surface area contributed by atoms with Crippen LogP contribution >= 0.6 is 0 Å². The van der Waals surface area contributed by atoms with Crippen LogP contribution in [0.4, 0.5) is 4.39 Å². The van der Waals surface area contributed by atoms with Crippen LogP contribution in [-0.2, 0) is 11.3 Å². The largest absolute Gasteiger partial charge is 0.355 e. The third-order valence-corrected chi connectivity index (χ3v) is 2.53. The minimum absolute atomic E-state index is 0.230. The van der Waals surface area contributed by atoms with Crippen molar-refractivity contribution in [3.63, 3.8) is 0 Å². The average molecular weight is 229 g/mol. The molecule has 2 aromatic carbocycles. The first-order valence-electron chi connectivity index (χ1n) is 5.32. The van der Waals surface area contributed by atoms with E-state index in [-0.39, 0.29) is 5.82 Å². The second kappa shape index (κ2) is 5.25. The van der Waals surface area contributed by atoms with Gasteiger partial charge in [-0.15, -0.1) is 0 Å². The van der Waals surface area contributed by atoms with Gasteiger partial charge in [0.15, 0.2) is 0 Å². The molecular weight excluding hydrogens is 217 g/mol. The van der Waals surface area contributed by atoms with Gasteiger partial charge in [-0.1, -0.05) is 42.5 Å². The molecule has 0 radical (unpaired) electrons. The molecule has 1 N–H and O–H groups in total. The Morgan fingerprint density at radius 2 is 1.76 bits per heavy atom. The fraction of sp³-hybridized carbons (Fsp3) is 0.0714. The molecule has 0 aliphatic carbocycles. The van der Waals surface area contributed by atoms with Gasteiger partial charge >= 0.3 is 0 Å². The van der Waals surface area contributed by atoms with Crippen LogP contribution in [0.25, 0.3) is 11.1 Å². The molecular formula is C14H12FNO. The SMILES string of the molecule is O=CNCc1ccc(-c2ccccc2F)cc1. The van der Waals surface area contributed by atoms with E-state index in [9.17, 15) is 9.18 Å². The maximum atomic E-state index is 13.5. The van der Waals surface area contributed by atoms with E-state index < -0.39 is 0 Å². The lowest BCUT2D eigenvalue weighted by Crippen LogP contribution is -2.09. The maximum Gasteiger partial charge on any atom is 0.207 e. The molecule has 17 heavy (non-hydrogen) atoms. The molecule has 0 aliphatic heterocycles. The summed E-state index contributed by atoms with van der Waals surface area (Å²) in [5, 5.41) is 2.58. The van der Waals surface area contributed by atoms with Crippen molar-refractivity contribution in [1.29, 1.82) is 0 Å². The molecule has 1 amide bonds. The first-order valence-corrected chi connectivity index (χ1v) is 5.32. The summed E-state index contributed by atoms with van der Waals surface area (Å²) < 4.78 is 13.5. The van der Waals surface area contributed by atoms with E-state index in [4.69, 9.17) is 0 Å². The highest BCUT2D eigenvalue weighted by Crippen LogP contribution is 2.22. The van der Waals surface area contributed by atoms with Crippen LogP contribution in [0, 0.1) is 5.82 Å². The minimum atomic E-state index is -0.230. The summed E-state index contributed by atoms with van der Waals surface area (Å²) in [7, 11) is 0. The van der Waals surface area contributed by atoms with Crippen LogP contribution in [-0.4, -0.2) is 6.41 Å². The highest BCUT2D eigenvalue weighted by Gasteiger charge is 2.03. The predicted octanol–water partition coefficient (Wildman–Crippen LogP) is 2.74. The predicted molar refractivity (Wildman–Crippen MR) is 64.7 cm³/mol. The maximum absolute atomic E-state index is 13.5. The van der Waals surface area contributed by atoms with Crippen molar-refractivity contribution >= 4 is 6.41 Å².